The van der Waals surface area contributed by atoms with Crippen molar-refractivity contribution in [2.45, 2.75) is 13.8 Å². The molecular formula is C21H21N3O2. The van der Waals surface area contributed by atoms with Crippen LogP contribution < -0.4 is 4.90 Å². The highest BCUT2D eigenvalue weighted by molar-refractivity contribution is 5.88. The molecule has 0 saturated heterocycles. The van der Waals surface area contributed by atoms with Gasteiger partial charge in [0.05, 0.1) is 10.6 Å². The zero-order valence-corrected chi connectivity index (χ0v) is 14.9. The Morgan fingerprint density at radius 3 is 2.38 bits per heavy atom. The van der Waals surface area contributed by atoms with Crippen LogP contribution in [0, 0.1) is 10.1 Å². The summed E-state index contributed by atoms with van der Waals surface area (Å²) in [7, 11) is 0. The Hall–Kier alpha value is -3.21. The third kappa shape index (κ3) is 3.72. The van der Waals surface area contributed by atoms with E-state index in [2.05, 4.69) is 48.0 Å². The molecule has 5 nitrogen and oxygen atoms in total. The molecule has 0 aliphatic carbocycles. The van der Waals surface area contributed by atoms with Crippen molar-refractivity contribution >= 4 is 34.4 Å². The molecule has 5 heteroatoms. The Kier molecular flexibility index (Phi) is 5.27. The predicted octanol–water partition coefficient (Wildman–Crippen LogP) is 5.16. The van der Waals surface area contributed by atoms with Crippen molar-refractivity contribution in [3.63, 3.8) is 0 Å². The van der Waals surface area contributed by atoms with Crippen LogP contribution in [0.25, 0.3) is 23.1 Å². The number of hydrogen-bond acceptors (Lipinski definition) is 4. The summed E-state index contributed by atoms with van der Waals surface area (Å²) in [5.41, 5.74) is 3.40. The van der Waals surface area contributed by atoms with Gasteiger partial charge in [0.1, 0.15) is 5.52 Å². The molecule has 0 N–H and O–H groups in total. The van der Waals surface area contributed by atoms with Crippen molar-refractivity contribution in [1.82, 2.24) is 4.98 Å². The highest BCUT2D eigenvalue weighted by Crippen LogP contribution is 2.24. The fourth-order valence-electron chi connectivity index (χ4n) is 2.95. The lowest BCUT2D eigenvalue weighted by molar-refractivity contribution is -0.383. The molecule has 0 atom stereocenters. The minimum atomic E-state index is -0.394. The quantitative estimate of drug-likeness (QED) is 0.456. The summed E-state index contributed by atoms with van der Waals surface area (Å²) in [6.45, 7) is 6.24. The topological polar surface area (TPSA) is 59.3 Å². The first-order chi connectivity index (χ1) is 12.6. The Labute approximate surface area is 152 Å². The van der Waals surface area contributed by atoms with Crippen LogP contribution in [0.15, 0.2) is 54.6 Å². The molecule has 1 aromatic heterocycles. The number of hydrogen-bond donors (Lipinski definition) is 0. The van der Waals surface area contributed by atoms with E-state index in [1.54, 1.807) is 6.07 Å². The first kappa shape index (κ1) is 17.6. The minimum absolute atomic E-state index is 0.0290. The SMILES string of the molecule is CCN(CC)c1ccc(/C=C/c2ccc3cccc([N+](=O)[O-])c3n2)cc1. The average molecular weight is 347 g/mol. The molecule has 0 fully saturated rings. The van der Waals surface area contributed by atoms with Gasteiger partial charge in [-0.3, -0.25) is 10.1 Å². The largest absolute Gasteiger partial charge is 0.372 e. The van der Waals surface area contributed by atoms with Gasteiger partial charge >= 0.3 is 0 Å². The summed E-state index contributed by atoms with van der Waals surface area (Å²) in [6.07, 6.45) is 3.84. The third-order valence-corrected chi connectivity index (χ3v) is 4.39. The summed E-state index contributed by atoms with van der Waals surface area (Å²) < 4.78 is 0. The summed E-state index contributed by atoms with van der Waals surface area (Å²) >= 11 is 0. The van der Waals surface area contributed by atoms with Crippen LogP contribution in [0.2, 0.25) is 0 Å². The molecule has 0 spiro atoms. The van der Waals surface area contributed by atoms with E-state index < -0.39 is 4.92 Å². The normalized spacial score (nSPS) is 11.2. The van der Waals surface area contributed by atoms with Crippen molar-refractivity contribution in [2.75, 3.05) is 18.0 Å². The van der Waals surface area contributed by atoms with Crippen LogP contribution in [0.5, 0.6) is 0 Å². The maximum Gasteiger partial charge on any atom is 0.295 e. The molecule has 2 aromatic carbocycles. The molecule has 0 amide bonds. The minimum Gasteiger partial charge on any atom is -0.372 e. The first-order valence-electron chi connectivity index (χ1n) is 8.69. The molecule has 0 aliphatic heterocycles. The average Bonchev–Trinajstić information content (AvgIpc) is 2.67. The van der Waals surface area contributed by atoms with Gasteiger partial charge in [-0.05, 0) is 43.7 Å². The van der Waals surface area contributed by atoms with Crippen molar-refractivity contribution in [2.24, 2.45) is 0 Å². The van der Waals surface area contributed by atoms with Crippen molar-refractivity contribution in [3.05, 3.63) is 76.0 Å². The van der Waals surface area contributed by atoms with E-state index in [0.29, 0.717) is 11.2 Å². The van der Waals surface area contributed by atoms with E-state index in [1.165, 1.54) is 11.8 Å². The van der Waals surface area contributed by atoms with E-state index in [9.17, 15) is 10.1 Å². The molecule has 0 aliphatic rings. The fourth-order valence-corrected chi connectivity index (χ4v) is 2.95. The number of nitrogens with zero attached hydrogens (tertiary/aromatic N) is 3. The molecule has 26 heavy (non-hydrogen) atoms. The van der Waals surface area contributed by atoms with Crippen LogP contribution in [-0.4, -0.2) is 23.0 Å². The van der Waals surface area contributed by atoms with Gasteiger partial charge in [-0.2, -0.15) is 0 Å². The molecule has 0 bridgehead atoms. The van der Waals surface area contributed by atoms with Crippen LogP contribution in [-0.2, 0) is 0 Å². The lowest BCUT2D eigenvalue weighted by atomic mass is 10.1. The second-order valence-corrected chi connectivity index (χ2v) is 5.94. The number of rotatable bonds is 6. The summed E-state index contributed by atoms with van der Waals surface area (Å²) in [5.74, 6) is 0. The number of pyridine rings is 1. The number of nitro groups is 1. The zero-order valence-electron chi connectivity index (χ0n) is 14.9. The van der Waals surface area contributed by atoms with E-state index in [0.717, 1.165) is 24.0 Å². The van der Waals surface area contributed by atoms with Gasteiger partial charge in [0, 0.05) is 30.2 Å². The van der Waals surface area contributed by atoms with Crippen molar-refractivity contribution in [3.8, 4) is 0 Å². The summed E-state index contributed by atoms with van der Waals surface area (Å²) in [6, 6.07) is 17.0. The van der Waals surface area contributed by atoms with Crippen LogP contribution in [0.4, 0.5) is 11.4 Å². The van der Waals surface area contributed by atoms with Crippen molar-refractivity contribution < 1.29 is 4.92 Å². The highest BCUT2D eigenvalue weighted by atomic mass is 16.6. The summed E-state index contributed by atoms with van der Waals surface area (Å²) in [5, 5.41) is 11.9. The Bertz CT molecular complexity index is 945. The van der Waals surface area contributed by atoms with Gasteiger partial charge in [0.25, 0.3) is 5.69 Å². The Morgan fingerprint density at radius 2 is 1.73 bits per heavy atom. The monoisotopic (exact) mass is 347 g/mol. The number of aromatic nitrogens is 1. The zero-order chi connectivity index (χ0) is 18.5. The second-order valence-electron chi connectivity index (χ2n) is 5.94. The van der Waals surface area contributed by atoms with Crippen LogP contribution >= 0.6 is 0 Å². The molecule has 0 unspecified atom stereocenters. The smallest absolute Gasteiger partial charge is 0.295 e. The van der Waals surface area contributed by atoms with Gasteiger partial charge in [0.15, 0.2) is 0 Å². The standard InChI is InChI=1S/C21H21N3O2/c1-3-23(4-2)19-14-9-16(10-15-19)8-12-18-13-11-17-6-5-7-20(24(25)26)21(17)22-18/h5-15H,3-4H2,1-2H3/b12-8+. The number of fused-ring (bicyclic) bond motifs is 1. The molecule has 0 radical (unpaired) electrons. The maximum absolute atomic E-state index is 11.2. The number of non-ortho nitro benzene ring substituents is 1. The predicted molar refractivity (Wildman–Crippen MR) is 107 cm³/mol. The van der Waals surface area contributed by atoms with E-state index >= 15 is 0 Å². The molecule has 3 aromatic rings. The third-order valence-electron chi connectivity index (χ3n) is 4.39. The van der Waals surface area contributed by atoms with Gasteiger partial charge in [-0.1, -0.05) is 36.4 Å². The van der Waals surface area contributed by atoms with Gasteiger partial charge in [0.2, 0.25) is 0 Å². The Balaban J connectivity index is 1.86. The van der Waals surface area contributed by atoms with Crippen molar-refractivity contribution in [1.29, 1.82) is 0 Å². The first-order valence-corrected chi connectivity index (χ1v) is 8.69. The van der Waals surface area contributed by atoms with Crippen LogP contribution in [0.1, 0.15) is 25.1 Å². The van der Waals surface area contributed by atoms with Gasteiger partial charge < -0.3 is 4.90 Å². The fraction of sp³-hybridized carbons (Fsp3) is 0.190. The highest BCUT2D eigenvalue weighted by Gasteiger charge is 2.12. The molecule has 0 saturated carbocycles. The molecule has 3 rings (SSSR count). The van der Waals surface area contributed by atoms with E-state index in [-0.39, 0.29) is 5.69 Å². The van der Waals surface area contributed by atoms with E-state index in [1.807, 2.05) is 30.4 Å². The van der Waals surface area contributed by atoms with Gasteiger partial charge in [-0.15, -0.1) is 0 Å². The number of anilines is 1. The number of nitro benzene ring substituents is 1. The van der Waals surface area contributed by atoms with E-state index in [4.69, 9.17) is 0 Å². The summed E-state index contributed by atoms with van der Waals surface area (Å²) in [4.78, 5) is 17.5. The lowest BCUT2D eigenvalue weighted by Crippen LogP contribution is -2.21. The van der Waals surface area contributed by atoms with Crippen LogP contribution in [0.3, 0.4) is 0 Å². The number of benzene rings is 2. The molecular weight excluding hydrogens is 326 g/mol. The molecule has 132 valence electrons. The van der Waals surface area contributed by atoms with Gasteiger partial charge in [-0.25, -0.2) is 4.98 Å². The second kappa shape index (κ2) is 7.78. The maximum atomic E-state index is 11.2. The Morgan fingerprint density at radius 1 is 1.00 bits per heavy atom. The number of para-hydroxylation sites is 1. The lowest BCUT2D eigenvalue weighted by Gasteiger charge is -2.20. The molecule has 1 heterocycles.